The van der Waals surface area contributed by atoms with Crippen LogP contribution in [-0.4, -0.2) is 21.8 Å². The van der Waals surface area contributed by atoms with E-state index in [1.165, 1.54) is 0 Å². The van der Waals surface area contributed by atoms with Gasteiger partial charge in [0.05, 0.1) is 12.1 Å². The van der Waals surface area contributed by atoms with Gasteiger partial charge in [0.1, 0.15) is 5.54 Å². The zero-order valence-corrected chi connectivity index (χ0v) is 16.9. The van der Waals surface area contributed by atoms with Crippen LogP contribution in [0.2, 0.25) is 15.1 Å². The van der Waals surface area contributed by atoms with Crippen LogP contribution >= 0.6 is 34.8 Å². The number of carbonyl (C=O) groups is 2. The van der Waals surface area contributed by atoms with Gasteiger partial charge in [0.2, 0.25) is 0 Å². The fraction of sp³-hybridized carbons (Fsp3) is 0.150. The number of benzene rings is 2. The quantitative estimate of drug-likeness (QED) is 0.579. The molecule has 28 heavy (non-hydrogen) atoms. The molecule has 2 heterocycles. The van der Waals surface area contributed by atoms with E-state index in [9.17, 15) is 9.59 Å². The van der Waals surface area contributed by atoms with Crippen LogP contribution in [-0.2, 0) is 16.9 Å². The van der Waals surface area contributed by atoms with E-state index in [4.69, 9.17) is 34.8 Å². The second-order valence-corrected chi connectivity index (χ2v) is 7.93. The van der Waals surface area contributed by atoms with Gasteiger partial charge in [-0.15, -0.1) is 0 Å². The number of fused-ring (bicyclic) bond motifs is 1. The maximum atomic E-state index is 13.2. The largest absolute Gasteiger partial charge is 0.325 e. The van der Waals surface area contributed by atoms with E-state index in [1.807, 2.05) is 6.07 Å². The fourth-order valence-electron chi connectivity index (χ4n) is 3.41. The Morgan fingerprint density at radius 3 is 2.61 bits per heavy atom. The molecule has 1 unspecified atom stereocenters. The van der Waals surface area contributed by atoms with Crippen LogP contribution in [0.4, 0.5) is 4.79 Å². The van der Waals surface area contributed by atoms with Crippen molar-refractivity contribution in [2.24, 2.45) is 0 Å². The number of nitrogens with zero attached hydrogens (tertiary/aromatic N) is 2. The third-order valence-electron chi connectivity index (χ3n) is 4.87. The lowest BCUT2D eigenvalue weighted by molar-refractivity contribution is -0.131. The number of amides is 3. The second-order valence-electron chi connectivity index (χ2n) is 6.68. The summed E-state index contributed by atoms with van der Waals surface area (Å²) < 4.78 is 0. The molecule has 0 spiro atoms. The molecule has 0 aliphatic carbocycles. The van der Waals surface area contributed by atoms with E-state index in [2.05, 4.69) is 10.3 Å². The van der Waals surface area contributed by atoms with Crippen molar-refractivity contribution in [3.05, 3.63) is 74.9 Å². The summed E-state index contributed by atoms with van der Waals surface area (Å²) >= 11 is 18.5. The first kappa shape index (κ1) is 19.0. The van der Waals surface area contributed by atoms with Crippen molar-refractivity contribution in [2.75, 3.05) is 0 Å². The molecule has 2 aromatic carbocycles. The van der Waals surface area contributed by atoms with Crippen molar-refractivity contribution < 1.29 is 9.59 Å². The average Bonchev–Trinajstić information content (AvgIpc) is 2.87. The Morgan fingerprint density at radius 1 is 1.07 bits per heavy atom. The number of urea groups is 1. The first-order chi connectivity index (χ1) is 13.3. The molecule has 3 amide bonds. The van der Waals surface area contributed by atoms with E-state index >= 15 is 0 Å². The normalized spacial score (nSPS) is 19.4. The second kappa shape index (κ2) is 6.92. The lowest BCUT2D eigenvalue weighted by atomic mass is 9.92. The highest BCUT2D eigenvalue weighted by molar-refractivity contribution is 6.36. The van der Waals surface area contributed by atoms with Crippen molar-refractivity contribution in [1.82, 2.24) is 15.2 Å². The Morgan fingerprint density at radius 2 is 1.86 bits per heavy atom. The number of aromatic nitrogens is 1. The molecular weight excluding hydrogens is 421 g/mol. The summed E-state index contributed by atoms with van der Waals surface area (Å²) in [5.74, 6) is -0.402. The molecule has 1 saturated heterocycles. The van der Waals surface area contributed by atoms with Crippen molar-refractivity contribution in [1.29, 1.82) is 0 Å². The minimum Gasteiger partial charge on any atom is -0.319 e. The van der Waals surface area contributed by atoms with Crippen LogP contribution in [0.3, 0.4) is 0 Å². The molecule has 1 N–H and O–H groups in total. The van der Waals surface area contributed by atoms with Gasteiger partial charge in [-0.25, -0.2) is 4.79 Å². The third-order valence-corrected chi connectivity index (χ3v) is 5.75. The average molecular weight is 435 g/mol. The van der Waals surface area contributed by atoms with Crippen LogP contribution in [0.1, 0.15) is 18.1 Å². The molecule has 0 radical (unpaired) electrons. The Kier molecular flexibility index (Phi) is 4.70. The van der Waals surface area contributed by atoms with Crippen LogP contribution in [0, 0.1) is 0 Å². The number of carbonyl (C=O) groups excluding carboxylic acids is 2. The number of pyridine rings is 1. The molecule has 0 saturated carbocycles. The SMILES string of the molecule is CC1(c2ccc(Cl)cc2Cl)NC(=O)N(Cc2ccc(Cl)c3cccnc23)C1=O. The minimum atomic E-state index is -1.28. The number of rotatable bonds is 3. The maximum Gasteiger partial charge on any atom is 0.325 e. The van der Waals surface area contributed by atoms with E-state index in [0.717, 1.165) is 15.8 Å². The highest BCUT2D eigenvalue weighted by Gasteiger charge is 2.49. The number of halogens is 3. The molecule has 5 nitrogen and oxygen atoms in total. The molecule has 3 aromatic rings. The smallest absolute Gasteiger partial charge is 0.319 e. The predicted octanol–water partition coefficient (Wildman–Crippen LogP) is 5.16. The summed E-state index contributed by atoms with van der Waals surface area (Å²) in [5, 5.41) is 4.83. The Balaban J connectivity index is 1.72. The molecule has 142 valence electrons. The van der Waals surface area contributed by atoms with E-state index < -0.39 is 17.5 Å². The summed E-state index contributed by atoms with van der Waals surface area (Å²) in [4.78, 5) is 31.3. The predicted molar refractivity (Wildman–Crippen MR) is 110 cm³/mol. The highest BCUT2D eigenvalue weighted by Crippen LogP contribution is 2.36. The Labute approximate surface area is 176 Å². The van der Waals surface area contributed by atoms with Gasteiger partial charge >= 0.3 is 6.03 Å². The maximum absolute atomic E-state index is 13.2. The van der Waals surface area contributed by atoms with Crippen molar-refractivity contribution in [3.63, 3.8) is 0 Å². The summed E-state index contributed by atoms with van der Waals surface area (Å²) in [6.45, 7) is 1.69. The van der Waals surface area contributed by atoms with Crippen LogP contribution in [0.5, 0.6) is 0 Å². The topological polar surface area (TPSA) is 62.3 Å². The van der Waals surface area contributed by atoms with Gasteiger partial charge in [-0.1, -0.05) is 46.9 Å². The van der Waals surface area contributed by atoms with Gasteiger partial charge in [0.25, 0.3) is 5.91 Å². The zero-order valence-electron chi connectivity index (χ0n) is 14.7. The Bertz CT molecular complexity index is 1130. The molecule has 1 atom stereocenters. The zero-order chi connectivity index (χ0) is 20.1. The number of nitrogens with one attached hydrogen (secondary N) is 1. The van der Waals surface area contributed by atoms with Gasteiger partial charge in [0, 0.05) is 32.2 Å². The van der Waals surface area contributed by atoms with Crippen molar-refractivity contribution >= 4 is 57.6 Å². The summed E-state index contributed by atoms with van der Waals surface area (Å²) in [6.07, 6.45) is 1.64. The standard InChI is InChI=1S/C20H14Cl3N3O2/c1-20(14-6-5-12(21)9-16(14)23)18(27)26(19(28)25-20)10-11-4-7-15(22)13-3-2-8-24-17(11)13/h2-9H,10H2,1H3,(H,25,28). The fourth-order valence-corrected chi connectivity index (χ4v) is 4.23. The first-order valence-corrected chi connectivity index (χ1v) is 9.56. The van der Waals surface area contributed by atoms with Gasteiger partial charge in [-0.05, 0) is 42.8 Å². The molecule has 1 aliphatic heterocycles. The lowest BCUT2D eigenvalue weighted by Gasteiger charge is -2.23. The molecule has 1 aromatic heterocycles. The van der Waals surface area contributed by atoms with Crippen molar-refractivity contribution in [2.45, 2.75) is 19.0 Å². The minimum absolute atomic E-state index is 0.0656. The Hall–Kier alpha value is -2.34. The molecule has 0 bridgehead atoms. The first-order valence-electron chi connectivity index (χ1n) is 8.43. The number of imide groups is 1. The lowest BCUT2D eigenvalue weighted by Crippen LogP contribution is -2.41. The van der Waals surface area contributed by atoms with Gasteiger partial charge in [0.15, 0.2) is 0 Å². The summed E-state index contributed by atoms with van der Waals surface area (Å²) in [5.41, 5.74) is 0.566. The van der Waals surface area contributed by atoms with Crippen molar-refractivity contribution in [3.8, 4) is 0 Å². The van der Waals surface area contributed by atoms with E-state index in [0.29, 0.717) is 26.1 Å². The van der Waals surface area contributed by atoms with Crippen LogP contribution < -0.4 is 5.32 Å². The van der Waals surface area contributed by atoms with Crippen LogP contribution in [0.15, 0.2) is 48.7 Å². The summed E-state index contributed by atoms with van der Waals surface area (Å²) in [6, 6.07) is 11.4. The highest BCUT2D eigenvalue weighted by atomic mass is 35.5. The molecule has 8 heteroatoms. The number of hydrogen-bond acceptors (Lipinski definition) is 3. The summed E-state index contributed by atoms with van der Waals surface area (Å²) in [7, 11) is 0. The van der Waals surface area contributed by atoms with E-state index in [-0.39, 0.29) is 6.54 Å². The number of hydrogen-bond donors (Lipinski definition) is 1. The molecular formula is C20H14Cl3N3O2. The third kappa shape index (κ3) is 3.00. The van der Waals surface area contributed by atoms with Crippen LogP contribution in [0.25, 0.3) is 10.9 Å². The van der Waals surface area contributed by atoms with Gasteiger partial charge in [-0.3, -0.25) is 14.7 Å². The molecule has 4 rings (SSSR count). The molecule has 1 aliphatic rings. The van der Waals surface area contributed by atoms with Gasteiger partial charge < -0.3 is 5.32 Å². The molecule has 1 fully saturated rings. The monoisotopic (exact) mass is 433 g/mol. The van der Waals surface area contributed by atoms with E-state index in [1.54, 1.807) is 49.5 Å². The van der Waals surface area contributed by atoms with Gasteiger partial charge in [-0.2, -0.15) is 0 Å².